The third kappa shape index (κ3) is 5.47. The zero-order valence-electron chi connectivity index (χ0n) is 17.2. The highest BCUT2D eigenvalue weighted by molar-refractivity contribution is 5.81. The molecular formula is C22H34N4O2. The molecule has 154 valence electrons. The van der Waals surface area contributed by atoms with Gasteiger partial charge in [0.25, 0.3) is 0 Å². The van der Waals surface area contributed by atoms with E-state index in [0.29, 0.717) is 26.2 Å². The summed E-state index contributed by atoms with van der Waals surface area (Å²) in [6.07, 6.45) is 3.31. The Bertz CT molecular complexity index is 672. The number of nitrogens with zero attached hydrogens (tertiary/aromatic N) is 2. The number of carbonyl (C=O) groups excluding carboxylic acids is 2. The van der Waals surface area contributed by atoms with E-state index in [0.717, 1.165) is 26.1 Å². The lowest BCUT2D eigenvalue weighted by Gasteiger charge is -2.37. The first kappa shape index (κ1) is 20.6. The van der Waals surface area contributed by atoms with Crippen LogP contribution >= 0.6 is 0 Å². The zero-order chi connectivity index (χ0) is 19.9. The monoisotopic (exact) mass is 386 g/mol. The second-order valence-corrected chi connectivity index (χ2v) is 8.12. The average Bonchev–Trinajstić information content (AvgIpc) is 3.21. The summed E-state index contributed by atoms with van der Waals surface area (Å²) < 4.78 is 0. The number of benzene rings is 1. The molecule has 2 N–H and O–H groups in total. The van der Waals surface area contributed by atoms with Gasteiger partial charge in [0.15, 0.2) is 0 Å². The maximum Gasteiger partial charge on any atom is 0.317 e. The Kier molecular flexibility index (Phi) is 7.31. The molecule has 0 saturated carbocycles. The Balaban J connectivity index is 1.64. The molecule has 1 aromatic carbocycles. The van der Waals surface area contributed by atoms with Gasteiger partial charge in [0.2, 0.25) is 5.91 Å². The van der Waals surface area contributed by atoms with Gasteiger partial charge in [0.1, 0.15) is 0 Å². The van der Waals surface area contributed by atoms with Crippen molar-refractivity contribution in [3.05, 3.63) is 35.4 Å². The fraction of sp³-hybridized carbons (Fsp3) is 0.636. The number of aryl methyl sites for hydroxylation is 1. The van der Waals surface area contributed by atoms with Gasteiger partial charge in [-0.15, -0.1) is 0 Å². The SMILES string of the molecule is CCNC(=O)N1C[C@@H](C(=O)NCCN2CCCC2)C[C@H](c2cccc(C)c2)C1. The van der Waals surface area contributed by atoms with E-state index < -0.39 is 0 Å². The topological polar surface area (TPSA) is 64.7 Å². The van der Waals surface area contributed by atoms with Gasteiger partial charge in [0, 0.05) is 38.6 Å². The quantitative estimate of drug-likeness (QED) is 0.789. The molecule has 0 bridgehead atoms. The van der Waals surface area contributed by atoms with Gasteiger partial charge in [-0.05, 0) is 51.8 Å². The first-order valence-electron chi connectivity index (χ1n) is 10.7. The van der Waals surface area contributed by atoms with Crippen LogP contribution in [0.15, 0.2) is 24.3 Å². The van der Waals surface area contributed by atoms with Crippen LogP contribution in [0.1, 0.15) is 43.2 Å². The highest BCUT2D eigenvalue weighted by Crippen LogP contribution is 2.31. The number of nitrogens with one attached hydrogen (secondary N) is 2. The molecule has 2 aliphatic rings. The van der Waals surface area contributed by atoms with E-state index in [9.17, 15) is 9.59 Å². The summed E-state index contributed by atoms with van der Waals surface area (Å²) in [5.41, 5.74) is 2.42. The number of carbonyl (C=O) groups is 2. The van der Waals surface area contributed by atoms with Gasteiger partial charge in [-0.3, -0.25) is 4.79 Å². The minimum Gasteiger partial charge on any atom is -0.355 e. The Morgan fingerprint density at radius 3 is 2.64 bits per heavy atom. The van der Waals surface area contributed by atoms with E-state index in [4.69, 9.17) is 0 Å². The Labute approximate surface area is 168 Å². The minimum absolute atomic E-state index is 0.0743. The number of piperidine rings is 1. The van der Waals surface area contributed by atoms with Gasteiger partial charge in [0.05, 0.1) is 5.92 Å². The molecule has 2 heterocycles. The van der Waals surface area contributed by atoms with E-state index in [1.807, 2.05) is 11.8 Å². The van der Waals surface area contributed by atoms with Crippen LogP contribution in [0.5, 0.6) is 0 Å². The van der Waals surface area contributed by atoms with Crippen molar-refractivity contribution in [3.63, 3.8) is 0 Å². The zero-order valence-corrected chi connectivity index (χ0v) is 17.2. The lowest BCUT2D eigenvalue weighted by atomic mass is 9.83. The second-order valence-electron chi connectivity index (χ2n) is 8.12. The molecule has 2 aliphatic heterocycles. The van der Waals surface area contributed by atoms with Crippen LogP contribution in [0.25, 0.3) is 0 Å². The summed E-state index contributed by atoms with van der Waals surface area (Å²) >= 11 is 0. The van der Waals surface area contributed by atoms with Crippen molar-refractivity contribution in [1.82, 2.24) is 20.4 Å². The number of hydrogen-bond donors (Lipinski definition) is 2. The summed E-state index contributed by atoms with van der Waals surface area (Å²) in [5.74, 6) is 0.0943. The Hall–Kier alpha value is -2.08. The third-order valence-electron chi connectivity index (χ3n) is 5.88. The number of urea groups is 1. The molecular weight excluding hydrogens is 352 g/mol. The molecule has 0 spiro atoms. The maximum atomic E-state index is 12.9. The molecule has 2 fully saturated rings. The van der Waals surface area contributed by atoms with Gasteiger partial charge >= 0.3 is 6.03 Å². The van der Waals surface area contributed by atoms with Crippen LogP contribution in [0, 0.1) is 12.8 Å². The van der Waals surface area contributed by atoms with Crippen molar-refractivity contribution in [3.8, 4) is 0 Å². The van der Waals surface area contributed by atoms with Crippen LogP contribution in [-0.4, -0.2) is 67.6 Å². The largest absolute Gasteiger partial charge is 0.355 e. The summed E-state index contributed by atoms with van der Waals surface area (Å²) in [4.78, 5) is 29.5. The molecule has 2 saturated heterocycles. The second kappa shape index (κ2) is 9.92. The predicted octanol–water partition coefficient (Wildman–Crippen LogP) is 2.34. The Morgan fingerprint density at radius 2 is 1.93 bits per heavy atom. The lowest BCUT2D eigenvalue weighted by Crippen LogP contribution is -2.51. The fourth-order valence-corrected chi connectivity index (χ4v) is 4.37. The first-order valence-corrected chi connectivity index (χ1v) is 10.7. The normalized spacial score (nSPS) is 22.9. The molecule has 0 radical (unpaired) electrons. The molecule has 3 rings (SSSR count). The van der Waals surface area contributed by atoms with Crippen molar-refractivity contribution in [2.75, 3.05) is 45.8 Å². The van der Waals surface area contributed by atoms with E-state index in [-0.39, 0.29) is 23.8 Å². The summed E-state index contributed by atoms with van der Waals surface area (Å²) in [7, 11) is 0. The van der Waals surface area contributed by atoms with Gasteiger partial charge < -0.3 is 20.4 Å². The Morgan fingerprint density at radius 1 is 1.14 bits per heavy atom. The van der Waals surface area contributed by atoms with E-state index in [1.54, 1.807) is 0 Å². The van der Waals surface area contributed by atoms with Crippen LogP contribution in [0.3, 0.4) is 0 Å². The molecule has 3 amide bonds. The summed E-state index contributed by atoms with van der Waals surface area (Å²) in [6, 6.07) is 8.35. The molecule has 2 atom stereocenters. The van der Waals surface area contributed by atoms with Gasteiger partial charge in [-0.1, -0.05) is 29.8 Å². The van der Waals surface area contributed by atoms with E-state index in [2.05, 4.69) is 46.7 Å². The highest BCUT2D eigenvalue weighted by Gasteiger charge is 2.34. The van der Waals surface area contributed by atoms with Crippen LogP contribution in [0.4, 0.5) is 4.79 Å². The number of amides is 3. The summed E-state index contributed by atoms with van der Waals surface area (Å²) in [5, 5.41) is 6.00. The molecule has 0 unspecified atom stereocenters. The molecule has 6 nitrogen and oxygen atoms in total. The van der Waals surface area contributed by atoms with E-state index in [1.165, 1.54) is 24.0 Å². The number of rotatable bonds is 6. The standard InChI is InChI=1S/C22H34N4O2/c1-3-23-22(28)26-15-19(18-8-6-7-17(2)13-18)14-20(16-26)21(27)24-9-12-25-10-4-5-11-25/h6-8,13,19-20H,3-5,9-12,14-16H2,1-2H3,(H,23,28)(H,24,27)/t19-,20-/m0/s1. The minimum atomic E-state index is -0.166. The van der Waals surface area contributed by atoms with Crippen molar-refractivity contribution in [2.24, 2.45) is 5.92 Å². The smallest absolute Gasteiger partial charge is 0.317 e. The fourth-order valence-electron chi connectivity index (χ4n) is 4.37. The van der Waals surface area contributed by atoms with Crippen molar-refractivity contribution in [2.45, 2.75) is 39.0 Å². The van der Waals surface area contributed by atoms with Crippen LogP contribution in [0.2, 0.25) is 0 Å². The molecule has 0 aliphatic carbocycles. The van der Waals surface area contributed by atoms with Crippen LogP contribution < -0.4 is 10.6 Å². The summed E-state index contributed by atoms with van der Waals surface area (Å²) in [6.45, 7) is 9.62. The van der Waals surface area contributed by atoms with Crippen molar-refractivity contribution < 1.29 is 9.59 Å². The lowest BCUT2D eigenvalue weighted by molar-refractivity contribution is -0.126. The average molecular weight is 387 g/mol. The van der Waals surface area contributed by atoms with Crippen LogP contribution in [-0.2, 0) is 4.79 Å². The van der Waals surface area contributed by atoms with Crippen molar-refractivity contribution >= 4 is 11.9 Å². The molecule has 1 aromatic rings. The molecule has 6 heteroatoms. The number of hydrogen-bond acceptors (Lipinski definition) is 3. The molecule has 28 heavy (non-hydrogen) atoms. The predicted molar refractivity (Wildman–Crippen MR) is 111 cm³/mol. The molecule has 0 aromatic heterocycles. The highest BCUT2D eigenvalue weighted by atomic mass is 16.2. The maximum absolute atomic E-state index is 12.9. The van der Waals surface area contributed by atoms with Gasteiger partial charge in [-0.2, -0.15) is 0 Å². The third-order valence-corrected chi connectivity index (χ3v) is 5.88. The van der Waals surface area contributed by atoms with E-state index >= 15 is 0 Å². The van der Waals surface area contributed by atoms with Gasteiger partial charge in [-0.25, -0.2) is 4.79 Å². The van der Waals surface area contributed by atoms with Crippen molar-refractivity contribution in [1.29, 1.82) is 0 Å². The first-order chi connectivity index (χ1) is 13.6. The number of likely N-dealkylation sites (tertiary alicyclic amines) is 2.